The Bertz CT molecular complexity index is 292. The normalized spacial score (nSPS) is 10.0. The molecule has 0 amide bonds. The maximum Gasteiger partial charge on any atom is 0.250 e. The molecule has 1 aromatic rings. The van der Waals surface area contributed by atoms with E-state index in [4.69, 9.17) is 11.6 Å². The molecule has 0 saturated carbocycles. The van der Waals surface area contributed by atoms with E-state index in [9.17, 15) is 4.79 Å². The van der Waals surface area contributed by atoms with Crippen molar-refractivity contribution in [2.24, 2.45) is 0 Å². The van der Waals surface area contributed by atoms with Crippen LogP contribution in [0.15, 0.2) is 23.1 Å². The van der Waals surface area contributed by atoms with Crippen LogP contribution in [0.4, 0.5) is 0 Å². The zero-order chi connectivity index (χ0) is 8.27. The van der Waals surface area contributed by atoms with Gasteiger partial charge in [-0.1, -0.05) is 0 Å². The quantitative estimate of drug-likeness (QED) is 0.617. The Labute approximate surface area is 70.4 Å². The van der Waals surface area contributed by atoms with Crippen LogP contribution in [0, 0.1) is 6.92 Å². The average molecular weight is 172 g/mol. The zero-order valence-corrected chi connectivity index (χ0v) is 7.14. The predicted octanol–water partition coefficient (Wildman–Crippen LogP) is 1.40. The summed E-state index contributed by atoms with van der Waals surface area (Å²) in [5.41, 5.74) is 1.01. The molecule has 0 unspecified atom stereocenters. The first kappa shape index (κ1) is 8.34. The van der Waals surface area contributed by atoms with E-state index >= 15 is 0 Å². The van der Waals surface area contributed by atoms with E-state index in [1.165, 1.54) is 0 Å². The first-order chi connectivity index (χ1) is 5.24. The van der Waals surface area contributed by atoms with Crippen molar-refractivity contribution in [3.8, 4) is 0 Å². The van der Waals surface area contributed by atoms with Crippen molar-refractivity contribution in [3.63, 3.8) is 0 Å². The fourth-order valence-electron chi connectivity index (χ4n) is 0.883. The molecule has 0 radical (unpaired) electrons. The van der Waals surface area contributed by atoms with E-state index in [2.05, 4.69) is 0 Å². The minimum Gasteiger partial charge on any atom is -0.314 e. The number of hydrogen-bond donors (Lipinski definition) is 0. The SMILES string of the molecule is Cc1ccn(CCCl)c(=O)c1. The van der Waals surface area contributed by atoms with Gasteiger partial charge in [0.2, 0.25) is 0 Å². The first-order valence-corrected chi connectivity index (χ1v) is 4.00. The van der Waals surface area contributed by atoms with E-state index in [1.807, 2.05) is 13.0 Å². The molecule has 1 heterocycles. The van der Waals surface area contributed by atoms with Crippen molar-refractivity contribution in [1.82, 2.24) is 4.57 Å². The van der Waals surface area contributed by atoms with Crippen molar-refractivity contribution in [3.05, 3.63) is 34.2 Å². The number of nitrogens with zero attached hydrogens (tertiary/aromatic N) is 1. The molecule has 60 valence electrons. The lowest BCUT2D eigenvalue weighted by atomic mass is 10.3. The van der Waals surface area contributed by atoms with Gasteiger partial charge in [-0.05, 0) is 18.6 Å². The molecule has 0 atom stereocenters. The van der Waals surface area contributed by atoms with Crippen molar-refractivity contribution in [1.29, 1.82) is 0 Å². The largest absolute Gasteiger partial charge is 0.314 e. The smallest absolute Gasteiger partial charge is 0.250 e. The summed E-state index contributed by atoms with van der Waals surface area (Å²) in [4.78, 5) is 11.1. The highest BCUT2D eigenvalue weighted by atomic mass is 35.5. The molecular weight excluding hydrogens is 162 g/mol. The third-order valence-electron chi connectivity index (χ3n) is 1.48. The highest BCUT2D eigenvalue weighted by molar-refractivity contribution is 6.17. The number of aromatic nitrogens is 1. The Hall–Kier alpha value is -0.760. The number of rotatable bonds is 2. The molecule has 0 aliphatic carbocycles. The Morgan fingerprint density at radius 3 is 2.91 bits per heavy atom. The topological polar surface area (TPSA) is 22.0 Å². The molecule has 0 spiro atoms. The lowest BCUT2D eigenvalue weighted by Gasteiger charge is -2.01. The predicted molar refractivity (Wildman–Crippen MR) is 46.2 cm³/mol. The van der Waals surface area contributed by atoms with Crippen molar-refractivity contribution >= 4 is 11.6 Å². The lowest BCUT2D eigenvalue weighted by molar-refractivity contribution is 0.730. The van der Waals surface area contributed by atoms with Crippen LogP contribution in [0.2, 0.25) is 0 Å². The van der Waals surface area contributed by atoms with Gasteiger partial charge in [-0.2, -0.15) is 0 Å². The summed E-state index contributed by atoms with van der Waals surface area (Å²) < 4.78 is 1.60. The summed E-state index contributed by atoms with van der Waals surface area (Å²) in [5, 5.41) is 0. The monoisotopic (exact) mass is 171 g/mol. The summed E-state index contributed by atoms with van der Waals surface area (Å²) in [6.07, 6.45) is 1.76. The van der Waals surface area contributed by atoms with Crippen molar-refractivity contribution in [2.75, 3.05) is 5.88 Å². The van der Waals surface area contributed by atoms with E-state index in [0.717, 1.165) is 5.56 Å². The van der Waals surface area contributed by atoms with Gasteiger partial charge in [0, 0.05) is 24.7 Å². The van der Waals surface area contributed by atoms with Gasteiger partial charge < -0.3 is 4.57 Å². The number of hydrogen-bond acceptors (Lipinski definition) is 1. The second kappa shape index (κ2) is 3.58. The summed E-state index contributed by atoms with van der Waals surface area (Å²) >= 11 is 5.49. The molecule has 0 saturated heterocycles. The maximum atomic E-state index is 11.1. The first-order valence-electron chi connectivity index (χ1n) is 3.47. The van der Waals surface area contributed by atoms with Crippen LogP contribution in [-0.4, -0.2) is 10.4 Å². The van der Waals surface area contributed by atoms with E-state index in [0.29, 0.717) is 12.4 Å². The van der Waals surface area contributed by atoms with Crippen LogP contribution in [0.5, 0.6) is 0 Å². The molecule has 0 bridgehead atoms. The Morgan fingerprint density at radius 1 is 1.64 bits per heavy atom. The fourth-order valence-corrected chi connectivity index (χ4v) is 1.06. The molecule has 0 N–H and O–H groups in total. The highest BCUT2D eigenvalue weighted by Crippen LogP contribution is 1.91. The second-order valence-corrected chi connectivity index (χ2v) is 2.80. The van der Waals surface area contributed by atoms with Gasteiger partial charge in [-0.25, -0.2) is 0 Å². The number of pyridine rings is 1. The van der Waals surface area contributed by atoms with Gasteiger partial charge in [0.1, 0.15) is 0 Å². The second-order valence-electron chi connectivity index (χ2n) is 2.42. The molecule has 1 aromatic heterocycles. The molecule has 0 aliphatic rings. The fraction of sp³-hybridized carbons (Fsp3) is 0.375. The molecule has 1 rings (SSSR count). The Morgan fingerprint density at radius 2 is 2.36 bits per heavy atom. The average Bonchev–Trinajstić information content (AvgIpc) is 1.95. The lowest BCUT2D eigenvalue weighted by Crippen LogP contribution is -2.19. The number of alkyl halides is 1. The molecule has 0 aliphatic heterocycles. The van der Waals surface area contributed by atoms with Gasteiger partial charge >= 0.3 is 0 Å². The molecule has 0 aromatic carbocycles. The highest BCUT2D eigenvalue weighted by Gasteiger charge is 1.92. The van der Waals surface area contributed by atoms with Gasteiger partial charge in [0.25, 0.3) is 5.56 Å². The van der Waals surface area contributed by atoms with Gasteiger partial charge in [0.15, 0.2) is 0 Å². The van der Waals surface area contributed by atoms with Crippen LogP contribution < -0.4 is 5.56 Å². The molecule has 2 nitrogen and oxygen atoms in total. The van der Waals surface area contributed by atoms with Crippen LogP contribution in [0.1, 0.15) is 5.56 Å². The third kappa shape index (κ3) is 2.09. The van der Waals surface area contributed by atoms with Gasteiger partial charge in [-0.15, -0.1) is 11.6 Å². The molecular formula is C8H10ClNO. The van der Waals surface area contributed by atoms with Crippen LogP contribution in [0.25, 0.3) is 0 Å². The Kier molecular flexibility index (Phi) is 2.71. The van der Waals surface area contributed by atoms with Crippen LogP contribution >= 0.6 is 11.6 Å². The summed E-state index contributed by atoms with van der Waals surface area (Å²) in [5.74, 6) is 0.475. The van der Waals surface area contributed by atoms with Gasteiger partial charge in [-0.3, -0.25) is 4.79 Å². The van der Waals surface area contributed by atoms with Crippen molar-refractivity contribution in [2.45, 2.75) is 13.5 Å². The summed E-state index contributed by atoms with van der Waals surface area (Å²) in [6.45, 7) is 2.48. The van der Waals surface area contributed by atoms with Gasteiger partial charge in [0.05, 0.1) is 0 Å². The molecule has 0 fully saturated rings. The summed E-state index contributed by atoms with van der Waals surface area (Å²) in [7, 11) is 0. The summed E-state index contributed by atoms with van der Waals surface area (Å²) in [6, 6.07) is 3.50. The maximum absolute atomic E-state index is 11.1. The number of halogens is 1. The number of aryl methyl sites for hydroxylation is 2. The van der Waals surface area contributed by atoms with Crippen LogP contribution in [-0.2, 0) is 6.54 Å². The molecule has 3 heteroatoms. The van der Waals surface area contributed by atoms with Crippen molar-refractivity contribution < 1.29 is 0 Å². The minimum atomic E-state index is 0.0191. The van der Waals surface area contributed by atoms with E-state index in [-0.39, 0.29) is 5.56 Å². The van der Waals surface area contributed by atoms with E-state index in [1.54, 1.807) is 16.8 Å². The molecule has 11 heavy (non-hydrogen) atoms. The Balaban J connectivity index is 3.00. The van der Waals surface area contributed by atoms with E-state index < -0.39 is 0 Å². The zero-order valence-electron chi connectivity index (χ0n) is 6.38. The third-order valence-corrected chi connectivity index (χ3v) is 1.65. The minimum absolute atomic E-state index is 0.0191. The standard InChI is InChI=1S/C8H10ClNO/c1-7-2-4-10(5-3-9)8(11)6-7/h2,4,6H,3,5H2,1H3. The van der Waals surface area contributed by atoms with Crippen LogP contribution in [0.3, 0.4) is 0 Å².